The maximum Gasteiger partial charge on any atom is 0.287 e. The van der Waals surface area contributed by atoms with Gasteiger partial charge in [-0.25, -0.2) is 0 Å². The Morgan fingerprint density at radius 3 is 2.74 bits per heavy atom. The van der Waals surface area contributed by atoms with Crippen LogP contribution in [0.25, 0.3) is 11.0 Å². The molecule has 4 nitrogen and oxygen atoms in total. The normalized spacial score (nSPS) is 16.4. The van der Waals surface area contributed by atoms with Gasteiger partial charge in [-0.05, 0) is 55.7 Å². The summed E-state index contributed by atoms with van der Waals surface area (Å²) in [4.78, 5) is 12.7. The summed E-state index contributed by atoms with van der Waals surface area (Å²) in [6, 6.07) is 16.1. The van der Waals surface area contributed by atoms with E-state index >= 15 is 0 Å². The Labute approximate surface area is 167 Å². The third-order valence-corrected chi connectivity index (χ3v) is 5.86. The van der Waals surface area contributed by atoms with Crippen molar-refractivity contribution in [2.24, 2.45) is 0 Å². The molecule has 1 aliphatic heterocycles. The molecule has 0 aliphatic carbocycles. The molecule has 1 amide bonds. The maximum atomic E-state index is 12.7. The van der Waals surface area contributed by atoms with E-state index in [-0.39, 0.29) is 11.3 Å². The Hall–Kier alpha value is -2.11. The number of carbonyl (C=O) groups is 1. The fraction of sp³-hybridized carbons (Fsp3) is 0.318. The van der Waals surface area contributed by atoms with Crippen LogP contribution in [0.5, 0.6) is 0 Å². The molecule has 0 bridgehead atoms. The van der Waals surface area contributed by atoms with E-state index in [1.54, 1.807) is 0 Å². The second kappa shape index (κ2) is 7.49. The average Bonchev–Trinajstić information content (AvgIpc) is 3.10. The van der Waals surface area contributed by atoms with Crippen LogP contribution >= 0.6 is 15.9 Å². The first kappa shape index (κ1) is 18.3. The van der Waals surface area contributed by atoms with Crippen LogP contribution in [0.1, 0.15) is 34.5 Å². The summed E-state index contributed by atoms with van der Waals surface area (Å²) in [7, 11) is 0. The van der Waals surface area contributed by atoms with Crippen molar-refractivity contribution in [2.45, 2.75) is 25.2 Å². The number of nitrogens with one attached hydrogen (secondary N) is 1. The van der Waals surface area contributed by atoms with Crippen LogP contribution in [-0.4, -0.2) is 25.7 Å². The van der Waals surface area contributed by atoms with E-state index in [1.165, 1.54) is 5.56 Å². The lowest BCUT2D eigenvalue weighted by Crippen LogP contribution is -2.44. The minimum Gasteiger partial charge on any atom is -0.451 e. The fourth-order valence-corrected chi connectivity index (χ4v) is 4.16. The largest absolute Gasteiger partial charge is 0.451 e. The molecular weight excluding hydrogens is 406 g/mol. The summed E-state index contributed by atoms with van der Waals surface area (Å²) >= 11 is 3.56. The van der Waals surface area contributed by atoms with E-state index < -0.39 is 0 Å². The second-order valence-corrected chi connectivity index (χ2v) is 8.15. The van der Waals surface area contributed by atoms with Crippen LogP contribution in [0, 0.1) is 6.92 Å². The number of carbonyl (C=O) groups excluding carboxylic acids is 1. The van der Waals surface area contributed by atoms with Crippen LogP contribution in [0.4, 0.5) is 0 Å². The Balaban J connectivity index is 1.55. The molecule has 0 radical (unpaired) electrons. The highest BCUT2D eigenvalue weighted by Gasteiger charge is 2.35. The van der Waals surface area contributed by atoms with E-state index in [0.29, 0.717) is 25.5 Å². The molecule has 2 aromatic carbocycles. The number of fused-ring (bicyclic) bond motifs is 1. The molecule has 3 aromatic rings. The van der Waals surface area contributed by atoms with Gasteiger partial charge in [0, 0.05) is 35.0 Å². The smallest absolute Gasteiger partial charge is 0.287 e. The summed E-state index contributed by atoms with van der Waals surface area (Å²) in [5, 5.41) is 4.05. The summed E-state index contributed by atoms with van der Waals surface area (Å²) in [6.07, 6.45) is 1.76. The average molecular weight is 428 g/mol. The lowest BCUT2D eigenvalue weighted by molar-refractivity contribution is 0.0484. The van der Waals surface area contributed by atoms with Crippen molar-refractivity contribution < 1.29 is 13.9 Å². The van der Waals surface area contributed by atoms with Gasteiger partial charge in [0.1, 0.15) is 5.58 Å². The quantitative estimate of drug-likeness (QED) is 0.638. The van der Waals surface area contributed by atoms with E-state index in [4.69, 9.17) is 9.15 Å². The molecule has 0 saturated carbocycles. The predicted molar refractivity (Wildman–Crippen MR) is 109 cm³/mol. The zero-order valence-corrected chi connectivity index (χ0v) is 16.8. The molecule has 4 rings (SSSR count). The van der Waals surface area contributed by atoms with Gasteiger partial charge in [-0.3, -0.25) is 4.79 Å². The van der Waals surface area contributed by atoms with Crippen molar-refractivity contribution in [1.29, 1.82) is 0 Å². The Kier molecular flexibility index (Phi) is 5.06. The van der Waals surface area contributed by atoms with Gasteiger partial charge in [0.15, 0.2) is 5.76 Å². The zero-order valence-electron chi connectivity index (χ0n) is 15.3. The van der Waals surface area contributed by atoms with Gasteiger partial charge in [-0.15, -0.1) is 0 Å². The first-order valence-electron chi connectivity index (χ1n) is 9.18. The van der Waals surface area contributed by atoms with Crippen LogP contribution in [0.15, 0.2) is 57.4 Å². The Morgan fingerprint density at radius 1 is 1.15 bits per heavy atom. The number of rotatable bonds is 4. The SMILES string of the molecule is Cc1ccc2oc(C(=O)NCC3(c4cccc(Br)c4)CCOCC3)cc2c1. The number of aryl methyl sites for hydroxylation is 1. The van der Waals surface area contributed by atoms with Gasteiger partial charge in [0.2, 0.25) is 0 Å². The van der Waals surface area contributed by atoms with Gasteiger partial charge in [-0.2, -0.15) is 0 Å². The van der Waals surface area contributed by atoms with E-state index in [1.807, 2.05) is 43.3 Å². The van der Waals surface area contributed by atoms with Crippen molar-refractivity contribution >= 4 is 32.8 Å². The van der Waals surface area contributed by atoms with E-state index in [9.17, 15) is 4.79 Å². The van der Waals surface area contributed by atoms with Crippen molar-refractivity contribution in [1.82, 2.24) is 5.32 Å². The molecule has 140 valence electrons. The topological polar surface area (TPSA) is 51.5 Å². The minimum absolute atomic E-state index is 0.125. The first-order chi connectivity index (χ1) is 13.1. The van der Waals surface area contributed by atoms with Crippen LogP contribution < -0.4 is 5.32 Å². The summed E-state index contributed by atoms with van der Waals surface area (Å²) in [6.45, 7) is 3.99. The number of hydrogen-bond donors (Lipinski definition) is 1. The number of furan rings is 1. The van der Waals surface area contributed by atoms with Gasteiger partial charge >= 0.3 is 0 Å². The van der Waals surface area contributed by atoms with Crippen LogP contribution in [0.3, 0.4) is 0 Å². The summed E-state index contributed by atoms with van der Waals surface area (Å²) in [5.74, 6) is 0.178. The van der Waals surface area contributed by atoms with Crippen molar-refractivity contribution in [3.8, 4) is 0 Å². The third-order valence-electron chi connectivity index (χ3n) is 5.37. The van der Waals surface area contributed by atoms with Crippen molar-refractivity contribution in [3.05, 3.63) is 69.9 Å². The zero-order chi connectivity index (χ0) is 18.9. The molecule has 5 heteroatoms. The minimum atomic E-state index is -0.176. The molecular formula is C22H22BrNO3. The predicted octanol–water partition coefficient (Wildman–Crippen LogP) is 4.98. The monoisotopic (exact) mass is 427 g/mol. The molecule has 0 spiro atoms. The number of benzene rings is 2. The summed E-state index contributed by atoms with van der Waals surface area (Å²) in [5.41, 5.74) is 2.98. The standard InChI is InChI=1S/C22H22BrNO3/c1-15-5-6-19-16(11-15)12-20(27-19)21(25)24-14-22(7-9-26-10-8-22)17-3-2-4-18(23)13-17/h2-6,11-13H,7-10,14H2,1H3,(H,24,25). The van der Waals surface area contributed by atoms with Gasteiger partial charge in [-0.1, -0.05) is 39.7 Å². The highest BCUT2D eigenvalue weighted by atomic mass is 79.9. The molecule has 1 fully saturated rings. The van der Waals surface area contributed by atoms with E-state index in [0.717, 1.165) is 33.8 Å². The van der Waals surface area contributed by atoms with Gasteiger partial charge in [0.05, 0.1) is 0 Å². The summed E-state index contributed by atoms with van der Waals surface area (Å²) < 4.78 is 12.4. The molecule has 1 aromatic heterocycles. The maximum absolute atomic E-state index is 12.7. The molecule has 1 saturated heterocycles. The van der Waals surface area contributed by atoms with Crippen molar-refractivity contribution in [3.63, 3.8) is 0 Å². The second-order valence-electron chi connectivity index (χ2n) is 7.24. The number of ether oxygens (including phenoxy) is 1. The molecule has 27 heavy (non-hydrogen) atoms. The van der Waals surface area contributed by atoms with Crippen LogP contribution in [0.2, 0.25) is 0 Å². The third kappa shape index (κ3) is 3.80. The number of amides is 1. The molecule has 1 aliphatic rings. The molecule has 1 N–H and O–H groups in total. The molecule has 0 unspecified atom stereocenters. The molecule has 2 heterocycles. The fourth-order valence-electron chi connectivity index (χ4n) is 3.76. The highest BCUT2D eigenvalue weighted by Crippen LogP contribution is 2.35. The van der Waals surface area contributed by atoms with Gasteiger partial charge < -0.3 is 14.5 Å². The lowest BCUT2D eigenvalue weighted by Gasteiger charge is -2.38. The highest BCUT2D eigenvalue weighted by molar-refractivity contribution is 9.10. The lowest BCUT2D eigenvalue weighted by atomic mass is 9.74. The van der Waals surface area contributed by atoms with Crippen molar-refractivity contribution in [2.75, 3.05) is 19.8 Å². The van der Waals surface area contributed by atoms with Gasteiger partial charge in [0.25, 0.3) is 5.91 Å². The molecule has 0 atom stereocenters. The number of halogens is 1. The van der Waals surface area contributed by atoms with E-state index in [2.05, 4.69) is 33.4 Å². The van der Waals surface area contributed by atoms with Crippen LogP contribution in [-0.2, 0) is 10.2 Å². The number of hydrogen-bond acceptors (Lipinski definition) is 3. The first-order valence-corrected chi connectivity index (χ1v) is 9.97. The Morgan fingerprint density at radius 2 is 1.96 bits per heavy atom. The Bertz CT molecular complexity index is 973.